The van der Waals surface area contributed by atoms with Gasteiger partial charge < -0.3 is 5.11 Å². The molecule has 0 amide bonds. The second-order valence-corrected chi connectivity index (χ2v) is 3.43. The van der Waals surface area contributed by atoms with Gasteiger partial charge in [0.25, 0.3) is 0 Å². The Morgan fingerprint density at radius 1 is 1.53 bits per heavy atom. The average Bonchev–Trinajstić information content (AvgIpc) is 2.00. The van der Waals surface area contributed by atoms with E-state index >= 15 is 0 Å². The van der Waals surface area contributed by atoms with Crippen LogP contribution >= 0.6 is 0 Å². The second kappa shape index (κ2) is 3.36. The van der Waals surface area contributed by atoms with Crippen LogP contribution in [0.15, 0.2) is 23.8 Å². The molecule has 6 heteroatoms. The molecule has 1 aliphatic carbocycles. The van der Waals surface area contributed by atoms with Gasteiger partial charge in [-0.2, -0.15) is 13.2 Å². The standard InChI is InChI=1S/C9H8F4O2/c1-8(10)3-2-5(7(14)15)4-6(8)9(11,12)13/h2-4,6H,1H3,(H,14,15). The lowest BCUT2D eigenvalue weighted by atomic mass is 9.84. The van der Waals surface area contributed by atoms with Gasteiger partial charge >= 0.3 is 12.1 Å². The Balaban J connectivity index is 3.12. The molecule has 0 saturated heterocycles. The van der Waals surface area contributed by atoms with Crippen molar-refractivity contribution in [2.75, 3.05) is 0 Å². The highest BCUT2D eigenvalue weighted by atomic mass is 19.4. The van der Waals surface area contributed by atoms with Crippen molar-refractivity contribution in [3.05, 3.63) is 23.8 Å². The second-order valence-electron chi connectivity index (χ2n) is 3.43. The number of carbonyl (C=O) groups is 1. The molecule has 0 saturated carbocycles. The van der Waals surface area contributed by atoms with Crippen LogP contribution < -0.4 is 0 Å². The molecule has 84 valence electrons. The van der Waals surface area contributed by atoms with E-state index in [4.69, 9.17) is 5.11 Å². The van der Waals surface area contributed by atoms with E-state index in [1.165, 1.54) is 0 Å². The number of halogens is 4. The van der Waals surface area contributed by atoms with E-state index in [1.54, 1.807) is 0 Å². The summed E-state index contributed by atoms with van der Waals surface area (Å²) in [6.07, 6.45) is -2.95. The van der Waals surface area contributed by atoms with Gasteiger partial charge in [0.05, 0.1) is 5.57 Å². The number of alkyl halides is 4. The molecule has 0 spiro atoms. The number of carboxylic acid groups (broad SMARTS) is 1. The highest BCUT2D eigenvalue weighted by Gasteiger charge is 2.51. The van der Waals surface area contributed by atoms with Crippen LogP contribution in [0.3, 0.4) is 0 Å². The molecule has 0 aliphatic heterocycles. The summed E-state index contributed by atoms with van der Waals surface area (Å²) in [6, 6.07) is 0. The topological polar surface area (TPSA) is 37.3 Å². The summed E-state index contributed by atoms with van der Waals surface area (Å²) in [5.74, 6) is -3.92. The summed E-state index contributed by atoms with van der Waals surface area (Å²) < 4.78 is 50.5. The van der Waals surface area contributed by atoms with Gasteiger partial charge in [-0.25, -0.2) is 9.18 Å². The molecule has 0 heterocycles. The predicted molar refractivity (Wildman–Crippen MR) is 43.9 cm³/mol. The van der Waals surface area contributed by atoms with Crippen molar-refractivity contribution >= 4 is 5.97 Å². The molecule has 0 radical (unpaired) electrons. The summed E-state index contributed by atoms with van der Waals surface area (Å²) in [5.41, 5.74) is -3.15. The molecule has 0 aromatic carbocycles. The molecule has 0 fully saturated rings. The summed E-state index contributed by atoms with van der Waals surface area (Å²) in [4.78, 5) is 10.4. The zero-order valence-electron chi connectivity index (χ0n) is 7.68. The molecule has 1 N–H and O–H groups in total. The molecule has 2 unspecified atom stereocenters. The van der Waals surface area contributed by atoms with Gasteiger partial charge in [0, 0.05) is 0 Å². The number of rotatable bonds is 1. The third-order valence-electron chi connectivity index (χ3n) is 2.14. The highest BCUT2D eigenvalue weighted by Crippen LogP contribution is 2.41. The largest absolute Gasteiger partial charge is 0.478 e. The van der Waals surface area contributed by atoms with E-state index in [-0.39, 0.29) is 0 Å². The van der Waals surface area contributed by atoms with Gasteiger partial charge in [-0.05, 0) is 19.1 Å². The van der Waals surface area contributed by atoms with Crippen LogP contribution in [0.5, 0.6) is 0 Å². The molecule has 15 heavy (non-hydrogen) atoms. The van der Waals surface area contributed by atoms with Crippen molar-refractivity contribution in [2.24, 2.45) is 5.92 Å². The number of allylic oxidation sites excluding steroid dienone is 2. The first kappa shape index (κ1) is 11.7. The third kappa shape index (κ3) is 2.37. The minimum absolute atomic E-state index is 0.391. The van der Waals surface area contributed by atoms with Gasteiger partial charge in [-0.15, -0.1) is 0 Å². The quantitative estimate of drug-likeness (QED) is 0.694. The van der Waals surface area contributed by atoms with E-state index < -0.39 is 29.3 Å². The van der Waals surface area contributed by atoms with Crippen molar-refractivity contribution in [1.82, 2.24) is 0 Å². The molecule has 0 aromatic rings. The minimum atomic E-state index is -4.80. The molecule has 0 aromatic heterocycles. The van der Waals surface area contributed by atoms with E-state index in [0.29, 0.717) is 12.2 Å². The molecule has 1 rings (SSSR count). The summed E-state index contributed by atoms with van der Waals surface area (Å²) >= 11 is 0. The monoisotopic (exact) mass is 224 g/mol. The van der Waals surface area contributed by atoms with Gasteiger partial charge in [0.15, 0.2) is 0 Å². The zero-order valence-corrected chi connectivity index (χ0v) is 7.68. The van der Waals surface area contributed by atoms with Crippen molar-refractivity contribution in [3.8, 4) is 0 Å². The van der Waals surface area contributed by atoms with Crippen LogP contribution in [0.2, 0.25) is 0 Å². The molecular formula is C9H8F4O2. The maximum absolute atomic E-state index is 13.4. The minimum Gasteiger partial charge on any atom is -0.478 e. The SMILES string of the molecule is CC1(F)C=CC(C(=O)O)=CC1C(F)(F)F. The molecule has 2 atom stereocenters. The van der Waals surface area contributed by atoms with Crippen molar-refractivity contribution in [2.45, 2.75) is 18.8 Å². The predicted octanol–water partition coefficient (Wildman–Crippen LogP) is 2.47. The lowest BCUT2D eigenvalue weighted by Gasteiger charge is -2.30. The Hall–Kier alpha value is -1.33. The lowest BCUT2D eigenvalue weighted by molar-refractivity contribution is -0.185. The van der Waals surface area contributed by atoms with E-state index in [1.807, 2.05) is 0 Å². The van der Waals surface area contributed by atoms with E-state index in [9.17, 15) is 22.4 Å². The van der Waals surface area contributed by atoms with Crippen LogP contribution in [0, 0.1) is 5.92 Å². The Labute approximate surface area is 82.9 Å². The number of carboxylic acids is 1. The van der Waals surface area contributed by atoms with Crippen LogP contribution in [-0.4, -0.2) is 22.9 Å². The van der Waals surface area contributed by atoms with E-state index in [2.05, 4.69) is 0 Å². The fourth-order valence-electron chi connectivity index (χ4n) is 1.31. The van der Waals surface area contributed by atoms with Gasteiger partial charge in [0.2, 0.25) is 0 Å². The zero-order chi connectivity index (χ0) is 11.9. The molecule has 1 aliphatic rings. The Morgan fingerprint density at radius 3 is 2.47 bits per heavy atom. The van der Waals surface area contributed by atoms with Crippen molar-refractivity contribution in [1.29, 1.82) is 0 Å². The molecule has 0 bridgehead atoms. The van der Waals surface area contributed by atoms with Gasteiger partial charge in [0.1, 0.15) is 11.6 Å². The van der Waals surface area contributed by atoms with Crippen molar-refractivity contribution in [3.63, 3.8) is 0 Å². The average molecular weight is 224 g/mol. The lowest BCUT2D eigenvalue weighted by Crippen LogP contribution is -2.39. The van der Waals surface area contributed by atoms with Crippen LogP contribution in [0.1, 0.15) is 6.92 Å². The normalized spacial score (nSPS) is 31.3. The smallest absolute Gasteiger partial charge is 0.398 e. The number of hydrogen-bond acceptors (Lipinski definition) is 1. The number of aliphatic carboxylic acids is 1. The maximum atomic E-state index is 13.4. The first-order chi connectivity index (χ1) is 6.64. The van der Waals surface area contributed by atoms with Gasteiger partial charge in [-0.3, -0.25) is 0 Å². The van der Waals surface area contributed by atoms with Gasteiger partial charge in [-0.1, -0.05) is 6.08 Å². The maximum Gasteiger partial charge on any atom is 0.398 e. The summed E-state index contributed by atoms with van der Waals surface area (Å²) in [5, 5.41) is 8.48. The van der Waals surface area contributed by atoms with Crippen LogP contribution in [-0.2, 0) is 4.79 Å². The molecule has 2 nitrogen and oxygen atoms in total. The summed E-state index contributed by atoms with van der Waals surface area (Å²) in [6.45, 7) is 0.761. The van der Waals surface area contributed by atoms with Crippen molar-refractivity contribution < 1.29 is 27.5 Å². The first-order valence-corrected chi connectivity index (χ1v) is 4.04. The first-order valence-electron chi connectivity index (χ1n) is 4.04. The van der Waals surface area contributed by atoms with Crippen LogP contribution in [0.4, 0.5) is 17.6 Å². The third-order valence-corrected chi connectivity index (χ3v) is 2.14. The van der Waals surface area contributed by atoms with Crippen LogP contribution in [0.25, 0.3) is 0 Å². The Kier molecular flexibility index (Phi) is 2.63. The highest BCUT2D eigenvalue weighted by molar-refractivity contribution is 5.90. The molecular weight excluding hydrogens is 216 g/mol. The van der Waals surface area contributed by atoms with E-state index in [0.717, 1.165) is 13.0 Å². The fourth-order valence-corrected chi connectivity index (χ4v) is 1.31. The Bertz CT molecular complexity index is 339. The Morgan fingerprint density at radius 2 is 2.07 bits per heavy atom. The summed E-state index contributed by atoms with van der Waals surface area (Å²) in [7, 11) is 0. The fraction of sp³-hybridized carbons (Fsp3) is 0.444. The number of hydrogen-bond donors (Lipinski definition) is 1.